The zero-order valence-corrected chi connectivity index (χ0v) is 16.4. The number of nitrogens with zero attached hydrogens (tertiary/aromatic N) is 3. The van der Waals surface area contributed by atoms with E-state index in [0.717, 1.165) is 17.7 Å². The maximum Gasteiger partial charge on any atom is 0.259 e. The molecule has 1 aromatic carbocycles. The Hall–Kier alpha value is -3.94. The van der Waals surface area contributed by atoms with Crippen LogP contribution in [0.1, 0.15) is 28.5 Å². The molecule has 4 heterocycles. The molecule has 8 nitrogen and oxygen atoms in total. The van der Waals surface area contributed by atoms with Crippen molar-refractivity contribution in [1.82, 2.24) is 10.1 Å². The predicted molar refractivity (Wildman–Crippen MR) is 110 cm³/mol. The zero-order valence-electron chi connectivity index (χ0n) is 16.4. The number of hydrogen-bond donors (Lipinski definition) is 1. The number of carbonyl (C=O) groups is 2. The number of anilines is 2. The molecular weight excluding hydrogens is 384 g/mol. The van der Waals surface area contributed by atoms with E-state index in [0.29, 0.717) is 40.3 Å². The van der Waals surface area contributed by atoms with Gasteiger partial charge in [0.2, 0.25) is 5.91 Å². The number of pyridine rings is 1. The van der Waals surface area contributed by atoms with Crippen LogP contribution in [0.5, 0.6) is 0 Å². The Morgan fingerprint density at radius 3 is 2.83 bits per heavy atom. The Labute approximate surface area is 171 Å². The third-order valence-electron chi connectivity index (χ3n) is 5.25. The summed E-state index contributed by atoms with van der Waals surface area (Å²) in [7, 11) is 0. The predicted octanol–water partition coefficient (Wildman–Crippen LogP) is 3.95. The summed E-state index contributed by atoms with van der Waals surface area (Å²) in [6.45, 7) is 3.97. The van der Waals surface area contributed by atoms with Gasteiger partial charge in [0.15, 0.2) is 5.76 Å². The molecule has 0 aliphatic carbocycles. The van der Waals surface area contributed by atoms with Gasteiger partial charge >= 0.3 is 0 Å². The number of carbonyl (C=O) groups excluding carboxylic acids is 2. The molecule has 0 radical (unpaired) electrons. The normalized spacial score (nSPS) is 12.9. The van der Waals surface area contributed by atoms with E-state index in [-0.39, 0.29) is 17.5 Å². The number of aryl methyl sites for hydroxylation is 1. The lowest BCUT2D eigenvalue weighted by molar-refractivity contribution is -0.116. The van der Waals surface area contributed by atoms with Crippen LogP contribution in [0.25, 0.3) is 22.6 Å². The van der Waals surface area contributed by atoms with Crippen molar-refractivity contribution in [3.05, 3.63) is 59.5 Å². The first kappa shape index (κ1) is 18.1. The molecule has 150 valence electrons. The van der Waals surface area contributed by atoms with E-state index in [1.165, 1.54) is 0 Å². The van der Waals surface area contributed by atoms with E-state index in [9.17, 15) is 9.59 Å². The Kier molecular flexibility index (Phi) is 4.13. The monoisotopic (exact) mass is 402 g/mol. The molecule has 2 amide bonds. The van der Waals surface area contributed by atoms with Gasteiger partial charge < -0.3 is 19.2 Å². The lowest BCUT2D eigenvalue weighted by Crippen LogP contribution is -2.25. The van der Waals surface area contributed by atoms with Crippen molar-refractivity contribution in [1.29, 1.82) is 0 Å². The van der Waals surface area contributed by atoms with Crippen LogP contribution in [0.2, 0.25) is 0 Å². The van der Waals surface area contributed by atoms with Gasteiger partial charge in [0.05, 0.1) is 22.9 Å². The van der Waals surface area contributed by atoms with Gasteiger partial charge in [-0.15, -0.1) is 0 Å². The highest BCUT2D eigenvalue weighted by atomic mass is 16.5. The second-order valence-corrected chi connectivity index (χ2v) is 7.20. The lowest BCUT2D eigenvalue weighted by Gasteiger charge is -2.15. The van der Waals surface area contributed by atoms with Crippen molar-refractivity contribution in [3.63, 3.8) is 0 Å². The summed E-state index contributed by atoms with van der Waals surface area (Å²) in [6, 6.07) is 10.8. The topological polar surface area (TPSA) is 101 Å². The van der Waals surface area contributed by atoms with Crippen LogP contribution in [-0.4, -0.2) is 28.5 Å². The molecule has 0 saturated heterocycles. The van der Waals surface area contributed by atoms with E-state index in [1.54, 1.807) is 49.3 Å². The van der Waals surface area contributed by atoms with Crippen LogP contribution in [-0.2, 0) is 11.2 Å². The smallest absolute Gasteiger partial charge is 0.259 e. The van der Waals surface area contributed by atoms with E-state index < -0.39 is 0 Å². The quantitative estimate of drug-likeness (QED) is 0.557. The highest BCUT2D eigenvalue weighted by Crippen LogP contribution is 2.32. The van der Waals surface area contributed by atoms with E-state index in [1.807, 2.05) is 12.1 Å². The maximum atomic E-state index is 13.2. The third kappa shape index (κ3) is 2.93. The van der Waals surface area contributed by atoms with Gasteiger partial charge in [-0.1, -0.05) is 5.16 Å². The molecular formula is C22H18N4O4. The van der Waals surface area contributed by atoms with Crippen LogP contribution in [0.15, 0.2) is 51.6 Å². The third-order valence-corrected chi connectivity index (χ3v) is 5.25. The molecule has 3 aromatic heterocycles. The molecule has 0 bridgehead atoms. The fourth-order valence-electron chi connectivity index (χ4n) is 3.83. The summed E-state index contributed by atoms with van der Waals surface area (Å²) < 4.78 is 10.7. The molecule has 30 heavy (non-hydrogen) atoms. The molecule has 0 fully saturated rings. The number of furan rings is 1. The molecule has 1 aliphatic heterocycles. The average molecular weight is 402 g/mol. The van der Waals surface area contributed by atoms with Crippen molar-refractivity contribution in [2.45, 2.75) is 20.3 Å². The highest BCUT2D eigenvalue weighted by molar-refractivity contribution is 6.13. The van der Waals surface area contributed by atoms with Crippen LogP contribution in [0.3, 0.4) is 0 Å². The van der Waals surface area contributed by atoms with Gasteiger partial charge in [0, 0.05) is 24.8 Å². The van der Waals surface area contributed by atoms with Gasteiger partial charge in [0.1, 0.15) is 5.69 Å². The largest absolute Gasteiger partial charge is 0.463 e. The van der Waals surface area contributed by atoms with Crippen LogP contribution in [0, 0.1) is 6.92 Å². The number of rotatable bonds is 3. The number of benzene rings is 1. The summed E-state index contributed by atoms with van der Waals surface area (Å²) >= 11 is 0. The van der Waals surface area contributed by atoms with Gasteiger partial charge in [-0.05, 0) is 55.3 Å². The Morgan fingerprint density at radius 1 is 1.20 bits per heavy atom. The molecule has 5 rings (SSSR count). The summed E-state index contributed by atoms with van der Waals surface area (Å²) in [5, 5.41) is 7.46. The van der Waals surface area contributed by atoms with Crippen molar-refractivity contribution < 1.29 is 18.5 Å². The van der Waals surface area contributed by atoms with Gasteiger partial charge in [-0.25, -0.2) is 4.98 Å². The van der Waals surface area contributed by atoms with Crippen LogP contribution < -0.4 is 10.2 Å². The van der Waals surface area contributed by atoms with Crippen molar-refractivity contribution in [3.8, 4) is 11.5 Å². The summed E-state index contributed by atoms with van der Waals surface area (Å²) in [4.78, 5) is 31.1. The molecule has 1 N–H and O–H groups in total. The SMILES string of the molecule is CC(=O)N1CCc2cc(NC(=O)c3cc(-c4ccco4)nc4onc(C)c34)ccc21. The van der Waals surface area contributed by atoms with E-state index in [4.69, 9.17) is 8.94 Å². The number of nitrogens with one attached hydrogen (secondary N) is 1. The van der Waals surface area contributed by atoms with Gasteiger partial charge in [-0.3, -0.25) is 9.59 Å². The molecule has 1 aliphatic rings. The van der Waals surface area contributed by atoms with Crippen LogP contribution in [0.4, 0.5) is 11.4 Å². The van der Waals surface area contributed by atoms with Crippen molar-refractivity contribution in [2.75, 3.05) is 16.8 Å². The first-order valence-electron chi connectivity index (χ1n) is 9.54. The molecule has 0 unspecified atom stereocenters. The van der Waals surface area contributed by atoms with E-state index >= 15 is 0 Å². The summed E-state index contributed by atoms with van der Waals surface area (Å²) in [5.74, 6) is 0.239. The Balaban J connectivity index is 1.51. The Bertz CT molecular complexity index is 1290. The van der Waals surface area contributed by atoms with Gasteiger partial charge in [0.25, 0.3) is 11.6 Å². The summed E-state index contributed by atoms with van der Waals surface area (Å²) in [6.07, 6.45) is 2.30. The first-order valence-corrected chi connectivity index (χ1v) is 9.54. The molecule has 0 saturated carbocycles. The fourth-order valence-corrected chi connectivity index (χ4v) is 3.83. The highest BCUT2D eigenvalue weighted by Gasteiger charge is 2.24. The molecule has 4 aromatic rings. The minimum Gasteiger partial charge on any atom is -0.463 e. The van der Waals surface area contributed by atoms with Gasteiger partial charge in [-0.2, -0.15) is 0 Å². The van der Waals surface area contributed by atoms with E-state index in [2.05, 4.69) is 15.5 Å². The van der Waals surface area contributed by atoms with Crippen LogP contribution >= 0.6 is 0 Å². The summed E-state index contributed by atoms with van der Waals surface area (Å²) in [5.41, 5.74) is 4.32. The number of aromatic nitrogens is 2. The number of amides is 2. The fraction of sp³-hybridized carbons (Fsp3) is 0.182. The molecule has 0 atom stereocenters. The second-order valence-electron chi connectivity index (χ2n) is 7.20. The first-order chi connectivity index (χ1) is 14.5. The minimum absolute atomic E-state index is 0.0121. The number of fused-ring (bicyclic) bond motifs is 2. The standard InChI is InChI=1S/C22H18N4O4/c1-12-20-16(11-17(19-4-3-9-29-19)24-22(20)30-25-12)21(28)23-15-5-6-18-14(10-15)7-8-26(18)13(2)27/h3-6,9-11H,7-8H2,1-2H3,(H,23,28). The zero-order chi connectivity index (χ0) is 20.8. The maximum absolute atomic E-state index is 13.2. The molecule has 0 spiro atoms. The van der Waals surface area contributed by atoms with Crippen molar-refractivity contribution in [2.24, 2.45) is 0 Å². The minimum atomic E-state index is -0.303. The average Bonchev–Trinajstić information content (AvgIpc) is 3.47. The lowest BCUT2D eigenvalue weighted by atomic mass is 10.1. The Morgan fingerprint density at radius 2 is 2.07 bits per heavy atom. The second kappa shape index (κ2) is 6.84. The molecule has 8 heteroatoms. The number of hydrogen-bond acceptors (Lipinski definition) is 6. The van der Waals surface area contributed by atoms with Crippen molar-refractivity contribution >= 4 is 34.3 Å².